The summed E-state index contributed by atoms with van der Waals surface area (Å²) in [5, 5.41) is 6.27. The SMILES string of the molecule is Cc1noc(CCCC(=O)NCCS(=O)(=O)NCc2ccccc2)n1. The summed E-state index contributed by atoms with van der Waals surface area (Å²) in [7, 11) is -3.43. The van der Waals surface area contributed by atoms with Crippen LogP contribution in [-0.4, -0.2) is 36.8 Å². The lowest BCUT2D eigenvalue weighted by molar-refractivity contribution is -0.121. The van der Waals surface area contributed by atoms with E-state index in [-0.39, 0.29) is 31.2 Å². The topological polar surface area (TPSA) is 114 Å². The highest BCUT2D eigenvalue weighted by atomic mass is 32.2. The maximum Gasteiger partial charge on any atom is 0.226 e. The minimum Gasteiger partial charge on any atom is -0.355 e. The Bertz CT molecular complexity index is 774. The van der Waals surface area contributed by atoms with E-state index in [0.29, 0.717) is 24.6 Å². The van der Waals surface area contributed by atoms with Gasteiger partial charge in [0.15, 0.2) is 5.82 Å². The number of benzene rings is 1. The molecule has 0 aliphatic carbocycles. The van der Waals surface area contributed by atoms with Gasteiger partial charge in [0.1, 0.15) is 0 Å². The third kappa shape index (κ3) is 7.44. The first-order chi connectivity index (χ1) is 11.9. The zero-order valence-corrected chi connectivity index (χ0v) is 14.9. The normalized spacial score (nSPS) is 11.4. The molecule has 136 valence electrons. The third-order valence-corrected chi connectivity index (χ3v) is 4.72. The summed E-state index contributed by atoms with van der Waals surface area (Å²) in [5.74, 6) is 0.703. The van der Waals surface area contributed by atoms with Crippen LogP contribution >= 0.6 is 0 Å². The molecule has 2 aromatic rings. The van der Waals surface area contributed by atoms with Crippen molar-refractivity contribution in [3.63, 3.8) is 0 Å². The van der Waals surface area contributed by atoms with Gasteiger partial charge in [0.2, 0.25) is 21.8 Å². The molecule has 0 radical (unpaired) electrons. The van der Waals surface area contributed by atoms with E-state index in [9.17, 15) is 13.2 Å². The first-order valence-electron chi connectivity index (χ1n) is 8.02. The molecule has 2 rings (SSSR count). The highest BCUT2D eigenvalue weighted by molar-refractivity contribution is 7.89. The van der Waals surface area contributed by atoms with Crippen LogP contribution in [0.25, 0.3) is 0 Å². The number of sulfonamides is 1. The van der Waals surface area contributed by atoms with Gasteiger partial charge in [-0.15, -0.1) is 0 Å². The maximum atomic E-state index is 11.9. The first kappa shape index (κ1) is 19.1. The summed E-state index contributed by atoms with van der Waals surface area (Å²) in [6.07, 6.45) is 1.36. The van der Waals surface area contributed by atoms with E-state index in [1.807, 2.05) is 30.3 Å². The number of nitrogens with one attached hydrogen (secondary N) is 2. The van der Waals surface area contributed by atoms with Crippen LogP contribution in [-0.2, 0) is 27.8 Å². The van der Waals surface area contributed by atoms with Crippen LogP contribution in [0.5, 0.6) is 0 Å². The summed E-state index contributed by atoms with van der Waals surface area (Å²) < 4.78 is 31.3. The van der Waals surface area contributed by atoms with Crippen LogP contribution in [0.3, 0.4) is 0 Å². The highest BCUT2D eigenvalue weighted by Gasteiger charge is 2.11. The van der Waals surface area contributed by atoms with Gasteiger partial charge in [0.05, 0.1) is 5.75 Å². The zero-order valence-electron chi connectivity index (χ0n) is 14.1. The van der Waals surface area contributed by atoms with Crippen LogP contribution < -0.4 is 10.0 Å². The van der Waals surface area contributed by atoms with Gasteiger partial charge >= 0.3 is 0 Å². The molecule has 1 amide bonds. The van der Waals surface area contributed by atoms with E-state index < -0.39 is 10.0 Å². The summed E-state index contributed by atoms with van der Waals surface area (Å²) in [5.41, 5.74) is 0.881. The Morgan fingerprint density at radius 2 is 2.00 bits per heavy atom. The number of amides is 1. The zero-order chi connectivity index (χ0) is 18.1. The second-order valence-electron chi connectivity index (χ2n) is 5.56. The van der Waals surface area contributed by atoms with Crippen LogP contribution in [0, 0.1) is 6.92 Å². The summed E-state index contributed by atoms with van der Waals surface area (Å²) in [4.78, 5) is 15.8. The standard InChI is InChI=1S/C16H22N4O4S/c1-13-19-16(24-20-13)9-5-8-15(21)17-10-11-25(22,23)18-12-14-6-3-2-4-7-14/h2-4,6-7,18H,5,8-12H2,1H3,(H,17,21). The first-order valence-corrected chi connectivity index (χ1v) is 9.67. The Morgan fingerprint density at radius 1 is 1.24 bits per heavy atom. The number of carbonyl (C=O) groups is 1. The van der Waals surface area contributed by atoms with Gasteiger partial charge in [0, 0.05) is 25.9 Å². The molecular weight excluding hydrogens is 344 g/mol. The van der Waals surface area contributed by atoms with Crippen molar-refractivity contribution in [2.75, 3.05) is 12.3 Å². The van der Waals surface area contributed by atoms with Gasteiger partial charge in [-0.05, 0) is 18.9 Å². The van der Waals surface area contributed by atoms with Crippen LogP contribution in [0.2, 0.25) is 0 Å². The highest BCUT2D eigenvalue weighted by Crippen LogP contribution is 2.02. The second-order valence-corrected chi connectivity index (χ2v) is 7.49. The van der Waals surface area contributed by atoms with E-state index in [0.717, 1.165) is 5.56 Å². The predicted molar refractivity (Wildman–Crippen MR) is 92.1 cm³/mol. The molecule has 1 aromatic heterocycles. The minimum absolute atomic E-state index is 0.0720. The summed E-state index contributed by atoms with van der Waals surface area (Å²) in [6.45, 7) is 2.04. The van der Waals surface area contributed by atoms with Gasteiger partial charge in [0.25, 0.3) is 0 Å². The van der Waals surface area contributed by atoms with Crippen molar-refractivity contribution >= 4 is 15.9 Å². The molecular formula is C16H22N4O4S. The maximum absolute atomic E-state index is 11.9. The number of aromatic nitrogens is 2. The third-order valence-electron chi connectivity index (χ3n) is 3.40. The van der Waals surface area contributed by atoms with Gasteiger partial charge in [-0.2, -0.15) is 4.98 Å². The molecule has 0 aliphatic heterocycles. The quantitative estimate of drug-likeness (QED) is 0.647. The van der Waals surface area contributed by atoms with Crippen molar-refractivity contribution in [2.45, 2.75) is 32.7 Å². The van der Waals surface area contributed by atoms with Crippen LogP contribution in [0.15, 0.2) is 34.9 Å². The van der Waals surface area contributed by atoms with Gasteiger partial charge < -0.3 is 9.84 Å². The van der Waals surface area contributed by atoms with Crippen molar-refractivity contribution in [3.05, 3.63) is 47.6 Å². The van der Waals surface area contributed by atoms with Crippen LogP contribution in [0.4, 0.5) is 0 Å². The van der Waals surface area contributed by atoms with E-state index >= 15 is 0 Å². The van der Waals surface area contributed by atoms with Crippen molar-refractivity contribution < 1.29 is 17.7 Å². The number of hydrogen-bond donors (Lipinski definition) is 2. The molecule has 8 nitrogen and oxygen atoms in total. The van der Waals surface area contributed by atoms with E-state index in [4.69, 9.17) is 4.52 Å². The Balaban J connectivity index is 1.60. The molecule has 2 N–H and O–H groups in total. The number of nitrogens with zero attached hydrogens (tertiary/aromatic N) is 2. The van der Waals surface area contributed by atoms with Crippen molar-refractivity contribution in [2.24, 2.45) is 0 Å². The van der Waals surface area contributed by atoms with E-state index in [1.165, 1.54) is 0 Å². The molecule has 0 atom stereocenters. The number of rotatable bonds is 10. The number of aryl methyl sites for hydroxylation is 2. The van der Waals surface area contributed by atoms with E-state index in [1.54, 1.807) is 6.92 Å². The molecule has 0 bridgehead atoms. The van der Waals surface area contributed by atoms with Gasteiger partial charge in [-0.25, -0.2) is 13.1 Å². The largest absolute Gasteiger partial charge is 0.355 e. The Kier molecular flexibility index (Phi) is 7.08. The predicted octanol–water partition coefficient (Wildman–Crippen LogP) is 0.937. The fourth-order valence-corrected chi connectivity index (χ4v) is 3.02. The Morgan fingerprint density at radius 3 is 2.68 bits per heavy atom. The molecule has 0 aliphatic rings. The molecule has 0 fully saturated rings. The van der Waals surface area contributed by atoms with Crippen molar-refractivity contribution in [3.8, 4) is 0 Å². The van der Waals surface area contributed by atoms with Crippen LogP contribution in [0.1, 0.15) is 30.1 Å². The van der Waals surface area contributed by atoms with Gasteiger partial charge in [-0.1, -0.05) is 35.5 Å². The fourth-order valence-electron chi connectivity index (χ4n) is 2.12. The average Bonchev–Trinajstić information content (AvgIpc) is 2.99. The summed E-state index contributed by atoms with van der Waals surface area (Å²) >= 11 is 0. The monoisotopic (exact) mass is 366 g/mol. The fraction of sp³-hybridized carbons (Fsp3) is 0.438. The molecule has 0 spiro atoms. The number of carbonyl (C=O) groups excluding carboxylic acids is 1. The summed E-state index contributed by atoms with van der Waals surface area (Å²) in [6, 6.07) is 9.25. The minimum atomic E-state index is -3.43. The lowest BCUT2D eigenvalue weighted by atomic mass is 10.2. The molecule has 1 heterocycles. The number of hydrogen-bond acceptors (Lipinski definition) is 6. The second kappa shape index (κ2) is 9.28. The smallest absolute Gasteiger partial charge is 0.226 e. The molecule has 0 saturated heterocycles. The molecule has 25 heavy (non-hydrogen) atoms. The molecule has 0 saturated carbocycles. The van der Waals surface area contributed by atoms with E-state index in [2.05, 4.69) is 20.2 Å². The van der Waals surface area contributed by atoms with Gasteiger partial charge in [-0.3, -0.25) is 4.79 Å². The average molecular weight is 366 g/mol. The molecule has 0 unspecified atom stereocenters. The van der Waals surface area contributed by atoms with Crippen molar-refractivity contribution in [1.29, 1.82) is 0 Å². The molecule has 9 heteroatoms. The molecule has 1 aromatic carbocycles. The Hall–Kier alpha value is -2.26. The lowest BCUT2D eigenvalue weighted by Crippen LogP contribution is -2.34. The van der Waals surface area contributed by atoms with Crippen molar-refractivity contribution in [1.82, 2.24) is 20.2 Å². The Labute approximate surface area is 147 Å². The lowest BCUT2D eigenvalue weighted by Gasteiger charge is -2.08.